The van der Waals surface area contributed by atoms with Crippen LogP contribution in [0.5, 0.6) is 0 Å². The van der Waals surface area contributed by atoms with Crippen molar-refractivity contribution in [2.24, 2.45) is 34.5 Å². The van der Waals surface area contributed by atoms with Crippen molar-refractivity contribution in [3.8, 4) is 0 Å². The van der Waals surface area contributed by atoms with Crippen molar-refractivity contribution in [3.05, 3.63) is 42.1 Å². The van der Waals surface area contributed by atoms with E-state index in [1.807, 2.05) is 25.3 Å². The van der Waals surface area contributed by atoms with Crippen LogP contribution in [-0.2, 0) is 10.0 Å². The maximum Gasteiger partial charge on any atom is 0.263 e. The molecule has 4 heteroatoms. The zero-order chi connectivity index (χ0) is 18.4. The summed E-state index contributed by atoms with van der Waals surface area (Å²) in [5, 5.41) is 0. The third-order valence-corrected chi connectivity index (χ3v) is 10.3. The molecular weight excluding hydrogens is 354 g/mol. The Morgan fingerprint density at radius 3 is 2.22 bits per heavy atom. The smallest absolute Gasteiger partial charge is 0.263 e. The number of rotatable bonds is 5. The van der Waals surface area contributed by atoms with E-state index in [2.05, 4.69) is 6.08 Å². The fourth-order valence-corrected chi connectivity index (χ4v) is 8.25. The molecule has 0 saturated heterocycles. The van der Waals surface area contributed by atoms with Crippen LogP contribution in [0.15, 0.2) is 41.4 Å². The van der Waals surface area contributed by atoms with E-state index < -0.39 is 10.0 Å². The van der Waals surface area contributed by atoms with Gasteiger partial charge in [-0.2, -0.15) is 0 Å². The predicted molar refractivity (Wildman–Crippen MR) is 105 cm³/mol. The van der Waals surface area contributed by atoms with Gasteiger partial charge in [-0.15, -0.1) is 0 Å². The summed E-state index contributed by atoms with van der Waals surface area (Å²) in [5.74, 6) is 3.17. The van der Waals surface area contributed by atoms with Crippen molar-refractivity contribution >= 4 is 10.0 Å². The van der Waals surface area contributed by atoms with Gasteiger partial charge in [-0.25, -0.2) is 8.42 Å². The molecular formula is C23H29NO2S. The predicted octanol–water partition coefficient (Wildman–Crippen LogP) is 4.74. The van der Waals surface area contributed by atoms with Crippen molar-refractivity contribution in [2.45, 2.75) is 56.8 Å². The first-order chi connectivity index (χ1) is 13.0. The van der Waals surface area contributed by atoms with Crippen molar-refractivity contribution in [3.63, 3.8) is 0 Å². The number of aryl methyl sites for hydroxylation is 1. The highest BCUT2D eigenvalue weighted by molar-refractivity contribution is 7.89. The van der Waals surface area contributed by atoms with Crippen molar-refractivity contribution < 1.29 is 8.42 Å². The molecule has 0 radical (unpaired) electrons. The highest BCUT2D eigenvalue weighted by Gasteiger charge is 2.84. The quantitative estimate of drug-likeness (QED) is 0.737. The summed E-state index contributed by atoms with van der Waals surface area (Å²) in [7, 11) is -3.46. The number of sulfonamides is 1. The maximum absolute atomic E-state index is 13.4. The highest BCUT2D eigenvalue weighted by atomic mass is 32.2. The van der Waals surface area contributed by atoms with Crippen LogP contribution in [-0.4, -0.2) is 19.3 Å². The SMILES string of the molecule is Cc1ccc(S(=O)(=O)N2C=CC3(C4CC4)C(C4CC4)C3(C3CCC3)C2)cc1. The Bertz CT molecular complexity index is 908. The minimum atomic E-state index is -3.46. The van der Waals surface area contributed by atoms with E-state index in [1.54, 1.807) is 16.4 Å². The Labute approximate surface area is 162 Å². The van der Waals surface area contributed by atoms with Crippen LogP contribution >= 0.6 is 0 Å². The fourth-order valence-electron chi connectivity index (χ4n) is 6.89. The minimum absolute atomic E-state index is 0.236. The lowest BCUT2D eigenvalue weighted by Gasteiger charge is -2.43. The molecule has 4 fully saturated rings. The summed E-state index contributed by atoms with van der Waals surface area (Å²) in [6.45, 7) is 2.72. The zero-order valence-electron chi connectivity index (χ0n) is 16.1. The van der Waals surface area contributed by atoms with Gasteiger partial charge in [0, 0.05) is 23.6 Å². The molecule has 6 rings (SSSR count). The monoisotopic (exact) mass is 383 g/mol. The second-order valence-electron chi connectivity index (χ2n) is 9.87. The van der Waals surface area contributed by atoms with Crippen LogP contribution in [0.4, 0.5) is 0 Å². The second kappa shape index (κ2) is 5.20. The molecule has 1 heterocycles. The van der Waals surface area contributed by atoms with Crippen LogP contribution in [0, 0.1) is 41.4 Å². The van der Waals surface area contributed by atoms with Gasteiger partial charge in [0.1, 0.15) is 0 Å². The molecule has 0 aromatic heterocycles. The molecule has 1 aromatic rings. The lowest BCUT2D eigenvalue weighted by Crippen LogP contribution is -2.43. The molecule has 3 unspecified atom stereocenters. The van der Waals surface area contributed by atoms with E-state index in [0.29, 0.717) is 10.3 Å². The molecule has 3 nitrogen and oxygen atoms in total. The van der Waals surface area contributed by atoms with Crippen LogP contribution < -0.4 is 0 Å². The van der Waals surface area contributed by atoms with E-state index >= 15 is 0 Å². The lowest BCUT2D eigenvalue weighted by atomic mass is 9.67. The average Bonchev–Trinajstić information content (AvgIpc) is 3.46. The molecule has 144 valence electrons. The van der Waals surface area contributed by atoms with Crippen molar-refractivity contribution in [1.82, 2.24) is 4.31 Å². The van der Waals surface area contributed by atoms with Gasteiger partial charge in [-0.1, -0.05) is 30.2 Å². The summed E-state index contributed by atoms with van der Waals surface area (Å²) in [4.78, 5) is 0.434. The first-order valence-electron chi connectivity index (χ1n) is 10.8. The Morgan fingerprint density at radius 2 is 1.67 bits per heavy atom. The van der Waals surface area contributed by atoms with Gasteiger partial charge in [-0.3, -0.25) is 4.31 Å². The molecule has 1 aliphatic heterocycles. The molecule has 27 heavy (non-hydrogen) atoms. The van der Waals surface area contributed by atoms with E-state index in [1.165, 1.54) is 44.9 Å². The van der Waals surface area contributed by atoms with Gasteiger partial charge in [0.15, 0.2) is 0 Å². The normalized spacial score (nSPS) is 38.4. The molecule has 0 N–H and O–H groups in total. The van der Waals surface area contributed by atoms with Crippen molar-refractivity contribution in [1.29, 1.82) is 0 Å². The lowest BCUT2D eigenvalue weighted by molar-refractivity contribution is 0.112. The first-order valence-corrected chi connectivity index (χ1v) is 12.2. The number of allylic oxidation sites excluding steroid dienone is 1. The summed E-state index contributed by atoms with van der Waals surface area (Å²) in [6.07, 6.45) is 13.7. The molecule has 5 aliphatic rings. The third kappa shape index (κ3) is 2.06. The number of nitrogens with zero attached hydrogens (tertiary/aromatic N) is 1. The first kappa shape index (κ1) is 16.6. The van der Waals surface area contributed by atoms with Crippen LogP contribution in [0.2, 0.25) is 0 Å². The fraction of sp³-hybridized carbons (Fsp3) is 0.652. The highest BCUT2D eigenvalue weighted by Crippen LogP contribution is 2.87. The molecule has 4 aliphatic carbocycles. The van der Waals surface area contributed by atoms with Gasteiger partial charge in [0.25, 0.3) is 10.0 Å². The number of hydrogen-bond acceptors (Lipinski definition) is 2. The van der Waals surface area contributed by atoms with Crippen LogP contribution in [0.3, 0.4) is 0 Å². The summed E-state index contributed by atoms with van der Waals surface area (Å²) >= 11 is 0. The maximum atomic E-state index is 13.4. The zero-order valence-corrected chi connectivity index (χ0v) is 16.9. The molecule has 1 aromatic carbocycles. The Kier molecular flexibility index (Phi) is 3.20. The van der Waals surface area contributed by atoms with Gasteiger partial charge >= 0.3 is 0 Å². The topological polar surface area (TPSA) is 37.4 Å². The number of fused-ring (bicyclic) bond motifs is 1. The molecule has 0 amide bonds. The Morgan fingerprint density at radius 1 is 0.963 bits per heavy atom. The number of benzene rings is 1. The van der Waals surface area contributed by atoms with E-state index in [9.17, 15) is 8.42 Å². The summed E-state index contributed by atoms with van der Waals surface area (Å²) in [6, 6.07) is 7.34. The Balaban J connectivity index is 1.41. The third-order valence-electron chi connectivity index (χ3n) is 8.53. The average molecular weight is 384 g/mol. The van der Waals surface area contributed by atoms with Gasteiger partial charge in [0.2, 0.25) is 0 Å². The number of hydrogen-bond donors (Lipinski definition) is 0. The van der Waals surface area contributed by atoms with Gasteiger partial charge in [0.05, 0.1) is 4.90 Å². The van der Waals surface area contributed by atoms with Crippen LogP contribution in [0.1, 0.15) is 50.5 Å². The van der Waals surface area contributed by atoms with Gasteiger partial charge in [-0.05, 0) is 81.3 Å². The molecule has 0 bridgehead atoms. The second-order valence-corrected chi connectivity index (χ2v) is 11.8. The Hall–Kier alpha value is -1.29. The standard InChI is InChI=1S/C23H29NO2S/c1-16-5-11-20(12-6-16)27(25,26)24-14-13-22(19-9-10-19)21(17-7-8-17)23(22,15-24)18-3-2-4-18/h5-6,11-14,17-19,21H,2-4,7-10,15H2,1H3. The molecule has 4 saturated carbocycles. The molecule has 0 spiro atoms. The van der Waals surface area contributed by atoms with Crippen molar-refractivity contribution in [2.75, 3.05) is 6.54 Å². The van der Waals surface area contributed by atoms with Gasteiger partial charge < -0.3 is 0 Å². The summed E-state index contributed by atoms with van der Waals surface area (Å²) in [5.41, 5.74) is 1.66. The van der Waals surface area contributed by atoms with E-state index in [0.717, 1.165) is 35.8 Å². The molecule has 3 atom stereocenters. The summed E-state index contributed by atoms with van der Waals surface area (Å²) < 4.78 is 28.5. The van der Waals surface area contributed by atoms with E-state index in [4.69, 9.17) is 0 Å². The van der Waals surface area contributed by atoms with E-state index in [-0.39, 0.29) is 5.41 Å². The minimum Gasteiger partial charge on any atom is -0.273 e. The largest absolute Gasteiger partial charge is 0.273 e. The van der Waals surface area contributed by atoms with Crippen LogP contribution in [0.25, 0.3) is 0 Å².